The Morgan fingerprint density at radius 3 is 1.34 bits per heavy atom. The molecule has 0 spiro atoms. The number of carbonyl (C=O) groups excluding carboxylic acids is 11. The highest BCUT2D eigenvalue weighted by Gasteiger charge is 2.45. The second kappa shape index (κ2) is 36.9. The summed E-state index contributed by atoms with van der Waals surface area (Å²) in [6.45, 7) is 31.9. The van der Waals surface area contributed by atoms with Gasteiger partial charge in [0.1, 0.15) is 54.4 Å². The van der Waals surface area contributed by atoms with E-state index in [1.807, 2.05) is 69.2 Å². The Hall–Kier alpha value is -6.13. The molecule has 86 heavy (non-hydrogen) atoms. The van der Waals surface area contributed by atoms with Crippen molar-refractivity contribution in [3.8, 4) is 0 Å². The van der Waals surface area contributed by atoms with Crippen LogP contribution in [-0.4, -0.2) is 221 Å². The van der Waals surface area contributed by atoms with Crippen LogP contribution in [0, 0.1) is 47.3 Å². The number of likely N-dealkylation sites (N-methyl/N-ethyl adjacent to an activating group) is 7. The van der Waals surface area contributed by atoms with Gasteiger partial charge in [0.15, 0.2) is 0 Å². The first-order valence-electron chi connectivity index (χ1n) is 30.9. The second-order valence-electron chi connectivity index (χ2n) is 26.3. The molecule has 0 aliphatic carbocycles. The molecule has 0 aromatic rings. The van der Waals surface area contributed by atoms with Gasteiger partial charge in [0.05, 0.1) is 12.6 Å². The highest BCUT2D eigenvalue weighted by Crippen LogP contribution is 2.25. The summed E-state index contributed by atoms with van der Waals surface area (Å²) in [5.74, 6) is -8.50. The zero-order valence-electron chi connectivity index (χ0n) is 57.1. The van der Waals surface area contributed by atoms with Crippen LogP contribution in [0.2, 0.25) is 0 Å². The number of aliphatic hydroxyl groups is 1. The predicted octanol–water partition coefficient (Wildman–Crippen LogP) is 3.89. The lowest BCUT2D eigenvalue weighted by Gasteiger charge is -2.41. The number of nitrogens with zero attached hydrogens (tertiary/aromatic N) is 7. The third-order valence-corrected chi connectivity index (χ3v) is 16.3. The largest absolute Gasteiger partial charge is 0.390 e. The van der Waals surface area contributed by atoms with Gasteiger partial charge in [-0.05, 0) is 101 Å². The van der Waals surface area contributed by atoms with Gasteiger partial charge < -0.3 is 61.1 Å². The molecular formula is C63H115N11O12. The molecular weight excluding hydrogens is 1100 g/mol. The van der Waals surface area contributed by atoms with E-state index in [1.165, 1.54) is 73.7 Å². The molecule has 0 aliphatic rings. The van der Waals surface area contributed by atoms with Crippen molar-refractivity contribution in [1.29, 1.82) is 0 Å². The normalized spacial score (nSPS) is 16.0. The van der Waals surface area contributed by atoms with Crippen molar-refractivity contribution >= 4 is 65.0 Å². The van der Waals surface area contributed by atoms with Crippen molar-refractivity contribution in [1.82, 2.24) is 50.2 Å². The predicted molar refractivity (Wildman–Crippen MR) is 335 cm³/mol. The molecule has 0 fully saturated rings. The maximum atomic E-state index is 15.1. The molecule has 1 unspecified atom stereocenters. The van der Waals surface area contributed by atoms with Crippen molar-refractivity contribution in [3.63, 3.8) is 0 Å². The third kappa shape index (κ3) is 23.5. The standard InChI is InChI=1S/C63H115N11O12/c1-26-28-29-41(15)53(76)52(57(80)66-45(27-2)60(83)68(19)34-50(75)70(21)47(54(64)77)31-36(5)6)74(25)63(86)51(40(13)14)73(24)62(85)49(33-38(9)10)72(23)61(84)48(32-37(7)8)71(22)59(82)43(17)65-56(79)46(30-35(3)4)67-55(78)44(18)69(20)58(81)42(16)39(11)12/h26,28,35-49,51-53,76H,27,29-34H2,1-25H3,(H2,64,77)(H,65,79)(H,66,80)(H,67,78)/b28-26-/t41-,42-,43+,44+,45+,46-,47+,48-,49-,51+,52?,53+/m1/s1. The van der Waals surface area contributed by atoms with Gasteiger partial charge in [-0.2, -0.15) is 0 Å². The fourth-order valence-corrected chi connectivity index (χ4v) is 10.3. The molecule has 0 saturated carbocycles. The third-order valence-electron chi connectivity index (χ3n) is 16.3. The Labute approximate surface area is 516 Å². The van der Waals surface area contributed by atoms with Crippen LogP contribution in [0.3, 0.4) is 0 Å². The van der Waals surface area contributed by atoms with Crippen LogP contribution in [0.15, 0.2) is 12.2 Å². The van der Waals surface area contributed by atoms with E-state index in [-0.39, 0.29) is 67.1 Å². The van der Waals surface area contributed by atoms with E-state index in [4.69, 9.17) is 5.73 Å². The van der Waals surface area contributed by atoms with E-state index in [9.17, 15) is 48.3 Å². The maximum Gasteiger partial charge on any atom is 0.246 e. The maximum absolute atomic E-state index is 15.1. The topological polar surface area (TPSA) is 293 Å². The first-order chi connectivity index (χ1) is 39.5. The number of hydrogen-bond acceptors (Lipinski definition) is 12. The van der Waals surface area contributed by atoms with Crippen molar-refractivity contribution in [2.75, 3.05) is 55.9 Å². The summed E-state index contributed by atoms with van der Waals surface area (Å²) >= 11 is 0. The molecule has 11 amide bonds. The molecule has 0 aromatic heterocycles. The Morgan fingerprint density at radius 2 is 0.907 bits per heavy atom. The summed E-state index contributed by atoms with van der Waals surface area (Å²) in [4.78, 5) is 163. The molecule has 0 heterocycles. The lowest BCUT2D eigenvalue weighted by molar-refractivity contribution is -0.157. The number of nitrogens with one attached hydrogen (secondary N) is 3. The van der Waals surface area contributed by atoms with Crippen LogP contribution < -0.4 is 21.7 Å². The minimum atomic E-state index is -1.60. The van der Waals surface area contributed by atoms with E-state index in [2.05, 4.69) is 16.0 Å². The molecule has 494 valence electrons. The Morgan fingerprint density at radius 1 is 0.465 bits per heavy atom. The van der Waals surface area contributed by atoms with Gasteiger partial charge in [0.25, 0.3) is 0 Å². The molecule has 0 aliphatic heterocycles. The van der Waals surface area contributed by atoms with Crippen LogP contribution in [0.4, 0.5) is 0 Å². The van der Waals surface area contributed by atoms with Crippen molar-refractivity contribution in [2.24, 2.45) is 53.1 Å². The SMILES string of the molecule is C/C=C\C[C@@H](C)[C@H](O)C(C(=O)N[C@@H](CC)C(=O)N(C)CC(=O)N(C)[C@@H](CC(C)C)C(N)=O)N(C)C(=O)[C@H](C(C)C)N(C)C(=O)[C@@H](CC(C)C)N(C)C(=O)[C@@H](CC(C)C)N(C)C(=O)[C@H](C)NC(=O)[C@@H](CC(C)C)NC(=O)[C@H](C)N(C)C(=O)[C@H](C)C(C)C. The molecule has 0 saturated heterocycles. The van der Waals surface area contributed by atoms with Crippen molar-refractivity contribution in [2.45, 2.75) is 224 Å². The van der Waals surface area contributed by atoms with Gasteiger partial charge >= 0.3 is 0 Å². The number of primary amides is 1. The smallest absolute Gasteiger partial charge is 0.246 e. The van der Waals surface area contributed by atoms with E-state index in [0.29, 0.717) is 12.8 Å². The van der Waals surface area contributed by atoms with E-state index >= 15 is 9.59 Å². The number of rotatable bonds is 36. The Kier molecular flexibility index (Phi) is 34.3. The number of nitrogens with two attached hydrogens (primary N) is 1. The summed E-state index contributed by atoms with van der Waals surface area (Å²) in [6.07, 6.45) is 3.30. The van der Waals surface area contributed by atoms with Crippen LogP contribution in [-0.2, 0) is 52.7 Å². The molecule has 0 rings (SSSR count). The minimum absolute atomic E-state index is 0.0367. The van der Waals surface area contributed by atoms with Gasteiger partial charge in [0, 0.05) is 55.3 Å². The minimum Gasteiger partial charge on any atom is -0.390 e. The summed E-state index contributed by atoms with van der Waals surface area (Å²) < 4.78 is 0. The zero-order valence-corrected chi connectivity index (χ0v) is 57.1. The van der Waals surface area contributed by atoms with Crippen LogP contribution in [0.25, 0.3) is 0 Å². The van der Waals surface area contributed by atoms with Gasteiger partial charge in [-0.1, -0.05) is 116 Å². The van der Waals surface area contributed by atoms with Gasteiger partial charge in [-0.3, -0.25) is 52.7 Å². The van der Waals surface area contributed by atoms with E-state index in [0.717, 1.165) is 9.80 Å². The second-order valence-corrected chi connectivity index (χ2v) is 26.3. The number of allylic oxidation sites excluding steroid dienone is 2. The van der Waals surface area contributed by atoms with Gasteiger partial charge in [-0.25, -0.2) is 0 Å². The number of hydrogen-bond donors (Lipinski definition) is 5. The molecule has 0 radical (unpaired) electrons. The Balaban J connectivity index is 7.14. The lowest BCUT2D eigenvalue weighted by Crippen LogP contribution is -2.63. The van der Waals surface area contributed by atoms with Gasteiger partial charge in [0.2, 0.25) is 65.0 Å². The first kappa shape index (κ1) is 79.9. The first-order valence-corrected chi connectivity index (χ1v) is 30.9. The summed E-state index contributed by atoms with van der Waals surface area (Å²) in [5, 5.41) is 20.3. The number of carbonyl (C=O) groups is 11. The van der Waals surface area contributed by atoms with Crippen LogP contribution >= 0.6 is 0 Å². The number of aliphatic hydroxyl groups excluding tert-OH is 1. The number of amides is 11. The molecule has 12 atom stereocenters. The van der Waals surface area contributed by atoms with Gasteiger partial charge in [-0.15, -0.1) is 0 Å². The fraction of sp³-hybridized carbons (Fsp3) is 0.794. The molecule has 6 N–H and O–H groups in total. The summed E-state index contributed by atoms with van der Waals surface area (Å²) in [6, 6.07) is -10.4. The van der Waals surface area contributed by atoms with Crippen LogP contribution in [0.5, 0.6) is 0 Å². The average Bonchev–Trinajstić information content (AvgIpc) is 2.39. The average molecular weight is 1220 g/mol. The monoisotopic (exact) mass is 1220 g/mol. The van der Waals surface area contributed by atoms with Crippen LogP contribution in [0.1, 0.15) is 163 Å². The Bertz CT molecular complexity index is 2310. The van der Waals surface area contributed by atoms with Crippen molar-refractivity contribution < 1.29 is 57.8 Å². The molecule has 0 aromatic carbocycles. The van der Waals surface area contributed by atoms with E-state index < -0.39 is 138 Å². The lowest BCUT2D eigenvalue weighted by atomic mass is 9.91. The molecule has 23 heteroatoms. The molecule has 23 nitrogen and oxygen atoms in total. The zero-order chi connectivity index (χ0) is 67.3. The highest BCUT2D eigenvalue weighted by atomic mass is 16.3. The fourth-order valence-electron chi connectivity index (χ4n) is 10.3. The van der Waals surface area contributed by atoms with Crippen molar-refractivity contribution in [3.05, 3.63) is 12.2 Å². The quantitative estimate of drug-likeness (QED) is 0.0559. The summed E-state index contributed by atoms with van der Waals surface area (Å²) in [5.41, 5.74) is 5.63. The molecule has 0 bridgehead atoms. The summed E-state index contributed by atoms with van der Waals surface area (Å²) in [7, 11) is 10.1. The highest BCUT2D eigenvalue weighted by molar-refractivity contribution is 5.98. The van der Waals surface area contributed by atoms with E-state index in [1.54, 1.807) is 67.7 Å².